The van der Waals surface area contributed by atoms with Gasteiger partial charge in [0, 0.05) is 0 Å². The average molecular weight is 164 g/mol. The van der Waals surface area contributed by atoms with Crippen molar-refractivity contribution in [3.63, 3.8) is 0 Å². The molecule has 0 amide bonds. The van der Waals surface area contributed by atoms with Crippen molar-refractivity contribution in [3.05, 3.63) is 24.3 Å². The Morgan fingerprint density at radius 2 is 2.17 bits per heavy atom. The highest BCUT2D eigenvalue weighted by Gasteiger charge is 2.58. The molecule has 0 bridgehead atoms. The first-order chi connectivity index (χ1) is 5.60. The van der Waals surface area contributed by atoms with Crippen molar-refractivity contribution in [1.29, 1.82) is 0 Å². The van der Waals surface area contributed by atoms with Gasteiger partial charge in [-0.15, -0.1) is 0 Å². The molecule has 0 heteroatoms. The average Bonchev–Trinajstić information content (AvgIpc) is 2.58. The Balaban J connectivity index is 2.80. The number of rotatable bonds is 3. The standard InChI is InChI=1S/C12H20/c1-6-8-12(7-2)10(5)11(12)9(3)4/h6,8,10-11H,3,7H2,1-2,4-5H3. The third-order valence-electron chi connectivity index (χ3n) is 3.44. The van der Waals surface area contributed by atoms with Gasteiger partial charge in [0.25, 0.3) is 0 Å². The van der Waals surface area contributed by atoms with E-state index in [9.17, 15) is 0 Å². The van der Waals surface area contributed by atoms with Crippen LogP contribution < -0.4 is 0 Å². The number of hydrogen-bond donors (Lipinski definition) is 0. The van der Waals surface area contributed by atoms with Crippen LogP contribution in [0.3, 0.4) is 0 Å². The fraction of sp³-hybridized carbons (Fsp3) is 0.667. The molecular weight excluding hydrogens is 144 g/mol. The molecule has 0 aromatic carbocycles. The molecule has 0 aromatic heterocycles. The summed E-state index contributed by atoms with van der Waals surface area (Å²) in [5, 5.41) is 0. The topological polar surface area (TPSA) is 0 Å². The molecule has 3 atom stereocenters. The quantitative estimate of drug-likeness (QED) is 0.556. The van der Waals surface area contributed by atoms with E-state index in [2.05, 4.69) is 46.4 Å². The van der Waals surface area contributed by atoms with Crippen molar-refractivity contribution in [2.45, 2.75) is 34.1 Å². The van der Waals surface area contributed by atoms with Crippen LogP contribution in [-0.2, 0) is 0 Å². The van der Waals surface area contributed by atoms with E-state index in [1.807, 2.05) is 0 Å². The summed E-state index contributed by atoms with van der Waals surface area (Å²) < 4.78 is 0. The molecule has 0 spiro atoms. The van der Waals surface area contributed by atoms with Gasteiger partial charge in [-0.2, -0.15) is 0 Å². The third kappa shape index (κ3) is 1.14. The van der Waals surface area contributed by atoms with Gasteiger partial charge in [0.05, 0.1) is 0 Å². The highest BCUT2D eigenvalue weighted by Crippen LogP contribution is 2.64. The van der Waals surface area contributed by atoms with Gasteiger partial charge in [-0.05, 0) is 37.5 Å². The van der Waals surface area contributed by atoms with Crippen LogP contribution in [0.15, 0.2) is 24.3 Å². The predicted octanol–water partition coefficient (Wildman–Crippen LogP) is 3.80. The van der Waals surface area contributed by atoms with Crippen LogP contribution in [0.4, 0.5) is 0 Å². The van der Waals surface area contributed by atoms with Gasteiger partial charge >= 0.3 is 0 Å². The lowest BCUT2D eigenvalue weighted by Gasteiger charge is -2.09. The highest BCUT2D eigenvalue weighted by atomic mass is 14.6. The predicted molar refractivity (Wildman–Crippen MR) is 55.0 cm³/mol. The van der Waals surface area contributed by atoms with Crippen molar-refractivity contribution in [3.8, 4) is 0 Å². The minimum atomic E-state index is 0.459. The molecule has 0 radical (unpaired) electrons. The summed E-state index contributed by atoms with van der Waals surface area (Å²) in [6, 6.07) is 0. The molecule has 3 unspecified atom stereocenters. The van der Waals surface area contributed by atoms with E-state index in [4.69, 9.17) is 0 Å². The van der Waals surface area contributed by atoms with Crippen LogP contribution in [0.1, 0.15) is 34.1 Å². The summed E-state index contributed by atoms with van der Waals surface area (Å²) in [6.45, 7) is 12.9. The second kappa shape index (κ2) is 3.08. The zero-order chi connectivity index (χ0) is 9.35. The molecule has 0 nitrogen and oxygen atoms in total. The summed E-state index contributed by atoms with van der Waals surface area (Å²) in [6.07, 6.45) is 5.80. The maximum absolute atomic E-state index is 4.06. The molecule has 12 heavy (non-hydrogen) atoms. The summed E-state index contributed by atoms with van der Waals surface area (Å²) in [7, 11) is 0. The monoisotopic (exact) mass is 164 g/mol. The first-order valence-electron chi connectivity index (χ1n) is 4.89. The van der Waals surface area contributed by atoms with E-state index in [0.29, 0.717) is 5.41 Å². The van der Waals surface area contributed by atoms with Crippen LogP contribution >= 0.6 is 0 Å². The van der Waals surface area contributed by atoms with Gasteiger partial charge in [-0.3, -0.25) is 0 Å². The Kier molecular flexibility index (Phi) is 2.46. The van der Waals surface area contributed by atoms with E-state index in [1.54, 1.807) is 0 Å². The summed E-state index contributed by atoms with van der Waals surface area (Å²) in [4.78, 5) is 0. The molecule has 1 aliphatic rings. The van der Waals surface area contributed by atoms with Gasteiger partial charge < -0.3 is 0 Å². The second-order valence-corrected chi connectivity index (χ2v) is 4.08. The van der Waals surface area contributed by atoms with Crippen molar-refractivity contribution < 1.29 is 0 Å². The zero-order valence-electron chi connectivity index (χ0n) is 8.72. The van der Waals surface area contributed by atoms with E-state index in [-0.39, 0.29) is 0 Å². The second-order valence-electron chi connectivity index (χ2n) is 4.08. The lowest BCUT2D eigenvalue weighted by molar-refractivity contribution is 0.549. The van der Waals surface area contributed by atoms with Crippen molar-refractivity contribution in [2.24, 2.45) is 17.3 Å². The summed E-state index contributed by atoms with van der Waals surface area (Å²) >= 11 is 0. The molecule has 0 aliphatic heterocycles. The van der Waals surface area contributed by atoms with Crippen molar-refractivity contribution >= 4 is 0 Å². The van der Waals surface area contributed by atoms with E-state index >= 15 is 0 Å². The minimum Gasteiger partial charge on any atom is -0.0998 e. The summed E-state index contributed by atoms with van der Waals surface area (Å²) in [5.41, 5.74) is 1.81. The molecule has 0 heterocycles. The molecule has 1 aliphatic carbocycles. The Morgan fingerprint density at radius 3 is 2.42 bits per heavy atom. The van der Waals surface area contributed by atoms with Crippen molar-refractivity contribution in [1.82, 2.24) is 0 Å². The SMILES string of the molecule is C=C(C)C1C(C)C1(C=CC)CC. The van der Waals surface area contributed by atoms with Crippen molar-refractivity contribution in [2.75, 3.05) is 0 Å². The maximum Gasteiger partial charge on any atom is -0.00213 e. The zero-order valence-corrected chi connectivity index (χ0v) is 8.72. The van der Waals surface area contributed by atoms with Crippen LogP contribution in [-0.4, -0.2) is 0 Å². The van der Waals surface area contributed by atoms with E-state index in [1.165, 1.54) is 12.0 Å². The van der Waals surface area contributed by atoms with Crippen LogP contribution in [0.5, 0.6) is 0 Å². The molecule has 1 saturated carbocycles. The third-order valence-corrected chi connectivity index (χ3v) is 3.44. The molecular formula is C12H20. The van der Waals surface area contributed by atoms with Gasteiger partial charge in [-0.1, -0.05) is 38.2 Å². The maximum atomic E-state index is 4.06. The van der Waals surface area contributed by atoms with Gasteiger partial charge in [0.1, 0.15) is 0 Å². The lowest BCUT2D eigenvalue weighted by atomic mass is 9.96. The Labute approximate surface area is 76.4 Å². The number of hydrogen-bond acceptors (Lipinski definition) is 0. The molecule has 0 aromatic rings. The lowest BCUT2D eigenvalue weighted by Crippen LogP contribution is -1.99. The van der Waals surface area contributed by atoms with Gasteiger partial charge in [0.15, 0.2) is 0 Å². The van der Waals surface area contributed by atoms with E-state index < -0.39 is 0 Å². The van der Waals surface area contributed by atoms with Crippen LogP contribution in [0.25, 0.3) is 0 Å². The Morgan fingerprint density at radius 1 is 1.58 bits per heavy atom. The summed E-state index contributed by atoms with van der Waals surface area (Å²) in [5.74, 6) is 1.54. The molecule has 68 valence electrons. The molecule has 0 saturated heterocycles. The molecule has 1 rings (SSSR count). The first-order valence-corrected chi connectivity index (χ1v) is 4.89. The molecule has 0 N–H and O–H groups in total. The largest absolute Gasteiger partial charge is 0.0998 e. The molecule has 1 fully saturated rings. The Bertz CT molecular complexity index is 212. The normalized spacial score (nSPS) is 40.3. The minimum absolute atomic E-state index is 0.459. The number of allylic oxidation sites excluding steroid dienone is 3. The highest BCUT2D eigenvalue weighted by molar-refractivity contribution is 5.27. The Hall–Kier alpha value is -0.520. The van der Waals surface area contributed by atoms with Crippen LogP contribution in [0.2, 0.25) is 0 Å². The fourth-order valence-corrected chi connectivity index (χ4v) is 2.77. The first kappa shape index (κ1) is 9.57. The fourth-order valence-electron chi connectivity index (χ4n) is 2.77. The van der Waals surface area contributed by atoms with Gasteiger partial charge in [-0.25, -0.2) is 0 Å². The van der Waals surface area contributed by atoms with E-state index in [0.717, 1.165) is 11.8 Å². The van der Waals surface area contributed by atoms with Crippen LogP contribution in [0, 0.1) is 17.3 Å². The smallest absolute Gasteiger partial charge is 0.00213 e. The van der Waals surface area contributed by atoms with Gasteiger partial charge in [0.2, 0.25) is 0 Å².